The first-order valence-electron chi connectivity index (χ1n) is 5.10. The highest BCUT2D eigenvalue weighted by Crippen LogP contribution is 2.22. The second-order valence-corrected chi connectivity index (χ2v) is 5.51. The highest BCUT2D eigenvalue weighted by atomic mass is 79.9. The molecule has 0 aliphatic carbocycles. The van der Waals surface area contributed by atoms with E-state index in [0.29, 0.717) is 6.54 Å². The molecule has 0 aliphatic rings. The second kappa shape index (κ2) is 5.34. The molecule has 88 valence electrons. The lowest BCUT2D eigenvalue weighted by Gasteiger charge is -2.23. The molecule has 16 heavy (non-hydrogen) atoms. The van der Waals surface area contributed by atoms with Gasteiger partial charge in [0.25, 0.3) is 0 Å². The van der Waals surface area contributed by atoms with E-state index in [2.05, 4.69) is 21.2 Å². The highest BCUT2D eigenvalue weighted by molar-refractivity contribution is 9.10. The second-order valence-electron chi connectivity index (χ2n) is 4.60. The molecule has 0 amide bonds. The van der Waals surface area contributed by atoms with Gasteiger partial charge in [0, 0.05) is 16.7 Å². The lowest BCUT2D eigenvalue weighted by molar-refractivity contribution is -0.139. The summed E-state index contributed by atoms with van der Waals surface area (Å²) in [7, 11) is 0. The van der Waals surface area contributed by atoms with Gasteiger partial charge in [-0.3, -0.25) is 4.79 Å². The largest absolute Gasteiger partial charge is 0.481 e. The summed E-state index contributed by atoms with van der Waals surface area (Å²) in [5.41, 5.74) is 0.738. The average Bonchev–Trinajstić information content (AvgIpc) is 2.13. The number of hydrogen-bond donors (Lipinski definition) is 2. The number of hydrogen-bond acceptors (Lipinski definition) is 2. The average molecular weight is 286 g/mol. The van der Waals surface area contributed by atoms with Crippen LogP contribution in [0.2, 0.25) is 0 Å². The zero-order valence-electron chi connectivity index (χ0n) is 9.46. The van der Waals surface area contributed by atoms with Crippen molar-refractivity contribution in [1.82, 2.24) is 0 Å². The Labute approximate surface area is 104 Å². The van der Waals surface area contributed by atoms with Crippen molar-refractivity contribution in [2.45, 2.75) is 20.3 Å². The molecule has 0 atom stereocenters. The maximum absolute atomic E-state index is 10.6. The predicted octanol–water partition coefficient (Wildman–Crippen LogP) is 3.36. The molecule has 4 heteroatoms. The van der Waals surface area contributed by atoms with Crippen molar-refractivity contribution in [3.8, 4) is 0 Å². The van der Waals surface area contributed by atoms with E-state index in [9.17, 15) is 4.79 Å². The number of nitrogens with one attached hydrogen (secondary N) is 1. The van der Waals surface area contributed by atoms with Crippen LogP contribution >= 0.6 is 15.9 Å². The molecule has 0 unspecified atom stereocenters. The van der Waals surface area contributed by atoms with Crippen molar-refractivity contribution >= 4 is 27.6 Å². The normalized spacial score (nSPS) is 11.2. The Morgan fingerprint density at radius 2 is 2.19 bits per heavy atom. The molecule has 3 nitrogen and oxygen atoms in total. The zero-order valence-corrected chi connectivity index (χ0v) is 11.0. The Balaban J connectivity index is 2.54. The van der Waals surface area contributed by atoms with E-state index in [1.807, 2.05) is 38.1 Å². The van der Waals surface area contributed by atoms with Gasteiger partial charge in [-0.25, -0.2) is 0 Å². The predicted molar refractivity (Wildman–Crippen MR) is 68.7 cm³/mol. The van der Waals surface area contributed by atoms with Crippen LogP contribution in [0.4, 0.5) is 5.69 Å². The van der Waals surface area contributed by atoms with E-state index >= 15 is 0 Å². The van der Waals surface area contributed by atoms with Crippen LogP contribution in [0.3, 0.4) is 0 Å². The molecule has 1 aromatic carbocycles. The van der Waals surface area contributed by atoms with Gasteiger partial charge >= 0.3 is 5.97 Å². The molecule has 0 aromatic heterocycles. The van der Waals surface area contributed by atoms with Gasteiger partial charge in [0.15, 0.2) is 0 Å². The molecule has 1 rings (SSSR count). The van der Waals surface area contributed by atoms with Crippen molar-refractivity contribution in [1.29, 1.82) is 0 Å². The third kappa shape index (κ3) is 4.66. The lowest BCUT2D eigenvalue weighted by Crippen LogP contribution is -2.26. The molecular formula is C12H16BrNO2. The van der Waals surface area contributed by atoms with Crippen LogP contribution < -0.4 is 5.32 Å². The first kappa shape index (κ1) is 13.0. The summed E-state index contributed by atoms with van der Waals surface area (Å²) < 4.78 is 1.01. The fraction of sp³-hybridized carbons (Fsp3) is 0.417. The summed E-state index contributed by atoms with van der Waals surface area (Å²) in [6.45, 7) is 4.51. The van der Waals surface area contributed by atoms with Gasteiger partial charge in [-0.15, -0.1) is 0 Å². The van der Waals surface area contributed by atoms with E-state index in [-0.39, 0.29) is 11.8 Å². The molecule has 0 spiro atoms. The SMILES string of the molecule is CC(C)(CNc1cccc(Br)c1)CC(=O)O. The molecular weight excluding hydrogens is 270 g/mol. The lowest BCUT2D eigenvalue weighted by atomic mass is 9.89. The van der Waals surface area contributed by atoms with Gasteiger partial charge in [0.2, 0.25) is 0 Å². The maximum Gasteiger partial charge on any atom is 0.303 e. The van der Waals surface area contributed by atoms with E-state index < -0.39 is 5.97 Å². The highest BCUT2D eigenvalue weighted by Gasteiger charge is 2.21. The van der Waals surface area contributed by atoms with Crippen molar-refractivity contribution < 1.29 is 9.90 Å². The molecule has 2 N–H and O–H groups in total. The standard InChI is InChI=1S/C12H16BrNO2/c1-12(2,7-11(15)16)8-14-10-5-3-4-9(13)6-10/h3-6,14H,7-8H2,1-2H3,(H,15,16). The van der Waals surface area contributed by atoms with Crippen molar-refractivity contribution in [2.75, 3.05) is 11.9 Å². The maximum atomic E-state index is 10.6. The van der Waals surface area contributed by atoms with Gasteiger partial charge in [-0.2, -0.15) is 0 Å². The third-order valence-corrected chi connectivity index (χ3v) is 2.72. The smallest absolute Gasteiger partial charge is 0.303 e. The van der Waals surface area contributed by atoms with Crippen LogP contribution in [0.1, 0.15) is 20.3 Å². The minimum Gasteiger partial charge on any atom is -0.481 e. The van der Waals surface area contributed by atoms with Gasteiger partial charge in [-0.1, -0.05) is 35.8 Å². The van der Waals surface area contributed by atoms with Crippen LogP contribution in [0, 0.1) is 5.41 Å². The van der Waals surface area contributed by atoms with Crippen molar-refractivity contribution in [3.63, 3.8) is 0 Å². The number of aliphatic carboxylic acids is 1. The topological polar surface area (TPSA) is 49.3 Å². The van der Waals surface area contributed by atoms with E-state index in [0.717, 1.165) is 10.2 Å². The Bertz CT molecular complexity index is 377. The Hall–Kier alpha value is -1.03. The number of anilines is 1. The number of halogens is 1. The van der Waals surface area contributed by atoms with Gasteiger partial charge in [0.1, 0.15) is 0 Å². The third-order valence-electron chi connectivity index (χ3n) is 2.23. The number of benzene rings is 1. The van der Waals surface area contributed by atoms with Crippen LogP contribution in [0.15, 0.2) is 28.7 Å². The van der Waals surface area contributed by atoms with Gasteiger partial charge in [0.05, 0.1) is 6.42 Å². The van der Waals surface area contributed by atoms with Crippen molar-refractivity contribution in [2.24, 2.45) is 5.41 Å². The molecule has 0 fully saturated rings. The fourth-order valence-corrected chi connectivity index (χ4v) is 1.81. The zero-order chi connectivity index (χ0) is 12.2. The monoisotopic (exact) mass is 285 g/mol. The number of carboxylic acid groups (broad SMARTS) is 1. The van der Waals surface area contributed by atoms with Crippen molar-refractivity contribution in [3.05, 3.63) is 28.7 Å². The van der Waals surface area contributed by atoms with Gasteiger partial charge in [-0.05, 0) is 23.6 Å². The summed E-state index contributed by atoms with van der Waals surface area (Å²) in [6.07, 6.45) is 0.161. The summed E-state index contributed by atoms with van der Waals surface area (Å²) >= 11 is 3.39. The molecule has 0 radical (unpaired) electrons. The van der Waals surface area contributed by atoms with Crippen LogP contribution in [-0.2, 0) is 4.79 Å². The number of carbonyl (C=O) groups is 1. The Kier molecular flexibility index (Phi) is 4.35. The first-order valence-corrected chi connectivity index (χ1v) is 5.90. The molecule has 0 heterocycles. The van der Waals surface area contributed by atoms with Crippen LogP contribution in [-0.4, -0.2) is 17.6 Å². The van der Waals surface area contributed by atoms with Crippen LogP contribution in [0.5, 0.6) is 0 Å². The molecule has 0 saturated carbocycles. The molecule has 0 aliphatic heterocycles. The Morgan fingerprint density at radius 3 is 2.75 bits per heavy atom. The van der Waals surface area contributed by atoms with Crippen LogP contribution in [0.25, 0.3) is 0 Å². The minimum atomic E-state index is -0.763. The van der Waals surface area contributed by atoms with E-state index in [4.69, 9.17) is 5.11 Å². The quantitative estimate of drug-likeness (QED) is 0.872. The molecule has 0 bridgehead atoms. The summed E-state index contributed by atoms with van der Waals surface area (Å²) in [4.78, 5) is 10.6. The Morgan fingerprint density at radius 1 is 1.50 bits per heavy atom. The summed E-state index contributed by atoms with van der Waals surface area (Å²) in [5, 5.41) is 12.0. The van der Waals surface area contributed by atoms with E-state index in [1.54, 1.807) is 0 Å². The number of carboxylic acids is 1. The first-order chi connectivity index (χ1) is 7.39. The molecule has 0 saturated heterocycles. The van der Waals surface area contributed by atoms with Gasteiger partial charge < -0.3 is 10.4 Å². The molecule has 1 aromatic rings. The minimum absolute atomic E-state index is 0.161. The summed E-state index contributed by atoms with van der Waals surface area (Å²) in [5.74, 6) is -0.763. The van der Waals surface area contributed by atoms with E-state index in [1.165, 1.54) is 0 Å². The fourth-order valence-electron chi connectivity index (χ4n) is 1.41. The number of rotatable bonds is 5. The summed E-state index contributed by atoms with van der Waals surface area (Å²) in [6, 6.07) is 7.82.